The van der Waals surface area contributed by atoms with Gasteiger partial charge in [-0.2, -0.15) is 0 Å². The second-order valence-corrected chi connectivity index (χ2v) is 6.50. The fraction of sp³-hybridized carbons (Fsp3) is 0.733. The van der Waals surface area contributed by atoms with Crippen molar-refractivity contribution in [1.82, 2.24) is 15.2 Å². The fourth-order valence-corrected chi connectivity index (χ4v) is 3.79. The molecular weight excluding hydrogens is 270 g/mol. The quantitative estimate of drug-likeness (QED) is 0.906. The summed E-state index contributed by atoms with van der Waals surface area (Å²) >= 11 is 1.75. The van der Waals surface area contributed by atoms with Crippen molar-refractivity contribution in [3.8, 4) is 0 Å². The average molecular weight is 295 g/mol. The molecule has 0 radical (unpaired) electrons. The Kier molecular flexibility index (Phi) is 5.54. The minimum atomic E-state index is 0.0567. The largest absolute Gasteiger partial charge is 0.342 e. The van der Waals surface area contributed by atoms with Gasteiger partial charge in [0.15, 0.2) is 0 Å². The average Bonchev–Trinajstić information content (AvgIpc) is 2.96. The summed E-state index contributed by atoms with van der Waals surface area (Å²) in [6.07, 6.45) is 3.23. The van der Waals surface area contributed by atoms with Gasteiger partial charge < -0.3 is 10.2 Å². The summed E-state index contributed by atoms with van der Waals surface area (Å²) in [6.45, 7) is 6.62. The molecule has 0 bridgehead atoms. The van der Waals surface area contributed by atoms with E-state index in [1.165, 1.54) is 10.7 Å². The number of aromatic nitrogens is 1. The van der Waals surface area contributed by atoms with Crippen LogP contribution in [0.3, 0.4) is 0 Å². The van der Waals surface area contributed by atoms with Gasteiger partial charge >= 0.3 is 0 Å². The van der Waals surface area contributed by atoms with E-state index in [4.69, 9.17) is 4.98 Å². The number of nitrogens with one attached hydrogen (secondary N) is 1. The maximum atomic E-state index is 12.4. The van der Waals surface area contributed by atoms with Crippen molar-refractivity contribution in [1.29, 1.82) is 0 Å². The first-order valence-corrected chi connectivity index (χ1v) is 8.41. The Morgan fingerprint density at radius 3 is 3.10 bits per heavy atom. The number of aryl methyl sites for hydroxylation is 1. The number of thiazole rings is 1. The van der Waals surface area contributed by atoms with Crippen LogP contribution in [-0.2, 0) is 11.2 Å². The van der Waals surface area contributed by atoms with E-state index in [1.807, 2.05) is 18.9 Å². The standard InChI is InChI=1S/C15H25N3OS/c1-4-13-10-20-14(17-13)12-6-5-7-18(9-12)15(19)11(2)8-16-3/h10-12,16H,4-9H2,1-3H3. The summed E-state index contributed by atoms with van der Waals surface area (Å²) in [5.74, 6) is 0.761. The third kappa shape index (κ3) is 3.58. The van der Waals surface area contributed by atoms with E-state index >= 15 is 0 Å². The Balaban J connectivity index is 1.99. The van der Waals surface area contributed by atoms with E-state index in [1.54, 1.807) is 11.3 Å². The molecule has 1 aromatic rings. The van der Waals surface area contributed by atoms with Crippen LogP contribution in [0.25, 0.3) is 0 Å². The van der Waals surface area contributed by atoms with Gasteiger partial charge in [0.2, 0.25) is 5.91 Å². The summed E-state index contributed by atoms with van der Waals surface area (Å²) < 4.78 is 0. The molecule has 20 heavy (non-hydrogen) atoms. The van der Waals surface area contributed by atoms with Gasteiger partial charge in [0, 0.05) is 36.9 Å². The molecular formula is C15H25N3OS. The molecule has 1 N–H and O–H groups in total. The van der Waals surface area contributed by atoms with E-state index < -0.39 is 0 Å². The van der Waals surface area contributed by atoms with Crippen LogP contribution in [-0.4, -0.2) is 42.5 Å². The first-order chi connectivity index (χ1) is 9.65. The number of amides is 1. The number of piperidine rings is 1. The van der Waals surface area contributed by atoms with Gasteiger partial charge in [-0.3, -0.25) is 4.79 Å². The Labute approximate surface area is 125 Å². The van der Waals surface area contributed by atoms with Gasteiger partial charge in [0.1, 0.15) is 0 Å². The van der Waals surface area contributed by atoms with Crippen LogP contribution in [0.2, 0.25) is 0 Å². The van der Waals surface area contributed by atoms with Crippen LogP contribution in [0, 0.1) is 5.92 Å². The molecule has 112 valence electrons. The molecule has 0 aliphatic carbocycles. The predicted octanol–water partition coefficient (Wildman–Crippen LogP) is 2.27. The molecule has 1 aliphatic heterocycles. The highest BCUT2D eigenvalue weighted by atomic mass is 32.1. The maximum Gasteiger partial charge on any atom is 0.226 e. The molecule has 2 heterocycles. The summed E-state index contributed by atoms with van der Waals surface area (Å²) in [4.78, 5) is 19.1. The van der Waals surface area contributed by atoms with Crippen molar-refractivity contribution in [3.63, 3.8) is 0 Å². The SMILES string of the molecule is CCc1csc(C2CCCN(C(=O)C(C)CNC)C2)n1. The molecule has 1 saturated heterocycles. The number of nitrogens with zero attached hydrogens (tertiary/aromatic N) is 2. The van der Waals surface area contributed by atoms with E-state index in [9.17, 15) is 4.79 Å². The lowest BCUT2D eigenvalue weighted by Gasteiger charge is -2.33. The second kappa shape index (κ2) is 7.18. The van der Waals surface area contributed by atoms with Crippen LogP contribution in [0.4, 0.5) is 0 Å². The minimum Gasteiger partial charge on any atom is -0.342 e. The van der Waals surface area contributed by atoms with Gasteiger partial charge in [-0.1, -0.05) is 13.8 Å². The Hall–Kier alpha value is -0.940. The van der Waals surface area contributed by atoms with Crippen LogP contribution in [0.5, 0.6) is 0 Å². The number of hydrogen-bond donors (Lipinski definition) is 1. The van der Waals surface area contributed by atoms with Gasteiger partial charge in [0.05, 0.1) is 10.7 Å². The fourth-order valence-electron chi connectivity index (χ4n) is 2.76. The first kappa shape index (κ1) is 15.4. The van der Waals surface area contributed by atoms with Crippen molar-refractivity contribution < 1.29 is 4.79 Å². The lowest BCUT2D eigenvalue weighted by molar-refractivity contribution is -0.136. The molecule has 2 unspecified atom stereocenters. The number of carbonyl (C=O) groups excluding carboxylic acids is 1. The molecule has 1 amide bonds. The normalized spacial score (nSPS) is 20.9. The van der Waals surface area contributed by atoms with Crippen molar-refractivity contribution in [2.75, 3.05) is 26.7 Å². The number of hydrogen-bond acceptors (Lipinski definition) is 4. The molecule has 0 saturated carbocycles. The number of carbonyl (C=O) groups is 1. The first-order valence-electron chi connectivity index (χ1n) is 7.53. The topological polar surface area (TPSA) is 45.2 Å². The van der Waals surface area contributed by atoms with Crippen molar-refractivity contribution in [3.05, 3.63) is 16.1 Å². The summed E-state index contributed by atoms with van der Waals surface area (Å²) in [5.41, 5.74) is 1.18. The molecule has 1 aliphatic rings. The minimum absolute atomic E-state index is 0.0567. The highest BCUT2D eigenvalue weighted by Crippen LogP contribution is 2.29. The third-order valence-electron chi connectivity index (χ3n) is 3.95. The molecule has 1 fully saturated rings. The van der Waals surface area contributed by atoms with Crippen LogP contribution in [0.1, 0.15) is 43.3 Å². The van der Waals surface area contributed by atoms with Crippen LogP contribution in [0.15, 0.2) is 5.38 Å². The van der Waals surface area contributed by atoms with Gasteiger partial charge in [-0.05, 0) is 26.3 Å². The molecule has 4 nitrogen and oxygen atoms in total. The molecule has 0 aromatic carbocycles. The molecule has 0 spiro atoms. The number of rotatable bonds is 5. The molecule has 2 atom stereocenters. The molecule has 1 aromatic heterocycles. The highest BCUT2D eigenvalue weighted by molar-refractivity contribution is 7.09. The predicted molar refractivity (Wildman–Crippen MR) is 83.1 cm³/mol. The van der Waals surface area contributed by atoms with E-state index in [0.717, 1.165) is 38.9 Å². The Morgan fingerprint density at radius 2 is 2.45 bits per heavy atom. The zero-order valence-corrected chi connectivity index (χ0v) is 13.5. The van der Waals surface area contributed by atoms with E-state index in [0.29, 0.717) is 5.92 Å². The highest BCUT2D eigenvalue weighted by Gasteiger charge is 2.28. The Morgan fingerprint density at radius 1 is 1.65 bits per heavy atom. The smallest absolute Gasteiger partial charge is 0.226 e. The maximum absolute atomic E-state index is 12.4. The lowest BCUT2D eigenvalue weighted by atomic mass is 9.97. The van der Waals surface area contributed by atoms with E-state index in [-0.39, 0.29) is 11.8 Å². The van der Waals surface area contributed by atoms with Crippen LogP contribution < -0.4 is 5.32 Å². The summed E-state index contributed by atoms with van der Waals surface area (Å²) in [5, 5.41) is 6.44. The second-order valence-electron chi connectivity index (χ2n) is 5.61. The zero-order chi connectivity index (χ0) is 14.5. The van der Waals surface area contributed by atoms with Crippen molar-refractivity contribution >= 4 is 17.2 Å². The Bertz CT molecular complexity index is 446. The lowest BCUT2D eigenvalue weighted by Crippen LogP contribution is -2.43. The monoisotopic (exact) mass is 295 g/mol. The molecule has 5 heteroatoms. The summed E-state index contributed by atoms with van der Waals surface area (Å²) in [7, 11) is 1.89. The third-order valence-corrected chi connectivity index (χ3v) is 5.00. The van der Waals surface area contributed by atoms with Crippen molar-refractivity contribution in [2.45, 2.75) is 39.0 Å². The zero-order valence-electron chi connectivity index (χ0n) is 12.7. The van der Waals surface area contributed by atoms with E-state index in [2.05, 4.69) is 17.6 Å². The summed E-state index contributed by atoms with van der Waals surface area (Å²) in [6, 6.07) is 0. The van der Waals surface area contributed by atoms with Crippen molar-refractivity contribution in [2.24, 2.45) is 5.92 Å². The van der Waals surface area contributed by atoms with Gasteiger partial charge in [-0.15, -0.1) is 11.3 Å². The number of likely N-dealkylation sites (tertiary alicyclic amines) is 1. The molecule has 2 rings (SSSR count). The van der Waals surface area contributed by atoms with Crippen LogP contribution >= 0.6 is 11.3 Å². The van der Waals surface area contributed by atoms with Gasteiger partial charge in [-0.25, -0.2) is 4.98 Å². The van der Waals surface area contributed by atoms with Gasteiger partial charge in [0.25, 0.3) is 0 Å².